The van der Waals surface area contributed by atoms with Gasteiger partial charge in [-0.3, -0.25) is 4.99 Å². The second-order valence-electron chi connectivity index (χ2n) is 5.68. The fourth-order valence-corrected chi connectivity index (χ4v) is 2.98. The first kappa shape index (κ1) is 24.5. The Morgan fingerprint density at radius 3 is 2.60 bits per heavy atom. The van der Waals surface area contributed by atoms with Crippen LogP contribution in [0.2, 0.25) is 0 Å². The number of methoxy groups -OCH3 is 1. The number of thioether (sulfide) groups is 1. The zero-order valence-electron chi connectivity index (χ0n) is 15.8. The quantitative estimate of drug-likeness (QED) is 0.221. The van der Waals surface area contributed by atoms with Crippen molar-refractivity contribution in [2.75, 3.05) is 53.5 Å². The highest BCUT2D eigenvalue weighted by atomic mass is 127. The Kier molecular flexibility index (Phi) is 15.4. The summed E-state index contributed by atoms with van der Waals surface area (Å²) in [6.45, 7) is 9.48. The van der Waals surface area contributed by atoms with Gasteiger partial charge in [0, 0.05) is 43.4 Å². The Balaban J connectivity index is 0.00000576. The van der Waals surface area contributed by atoms with Crippen molar-refractivity contribution < 1.29 is 4.74 Å². The number of likely N-dealkylation sites (N-methyl/N-ethyl adjacent to an activating group) is 1. The Hall–Kier alpha value is -0.510. The minimum atomic E-state index is 0. The Bertz CT molecular complexity index is 462. The van der Waals surface area contributed by atoms with E-state index in [0.29, 0.717) is 5.25 Å². The van der Waals surface area contributed by atoms with E-state index in [0.717, 1.165) is 45.3 Å². The van der Waals surface area contributed by atoms with Gasteiger partial charge in [0.2, 0.25) is 0 Å². The summed E-state index contributed by atoms with van der Waals surface area (Å²) in [4.78, 5) is 8.23. The van der Waals surface area contributed by atoms with Gasteiger partial charge >= 0.3 is 0 Å². The minimum absolute atomic E-state index is 0. The summed E-state index contributed by atoms with van der Waals surface area (Å²) in [7, 11) is 3.83. The molecule has 144 valence electrons. The SMILES string of the molecule is CCNC(=NCC(C)Sc1ccccc1)NCCN(C)CCOC.I. The van der Waals surface area contributed by atoms with Gasteiger partial charge in [-0.2, -0.15) is 0 Å². The third-order valence-corrected chi connectivity index (χ3v) is 4.49. The molecule has 0 bridgehead atoms. The van der Waals surface area contributed by atoms with Crippen LogP contribution in [0.4, 0.5) is 0 Å². The van der Waals surface area contributed by atoms with E-state index in [1.165, 1.54) is 4.90 Å². The fraction of sp³-hybridized carbons (Fsp3) is 0.611. The van der Waals surface area contributed by atoms with E-state index in [-0.39, 0.29) is 24.0 Å². The number of rotatable bonds is 11. The molecule has 0 heterocycles. The first-order chi connectivity index (χ1) is 11.7. The molecule has 7 heteroatoms. The molecule has 0 aliphatic rings. The van der Waals surface area contributed by atoms with E-state index in [2.05, 4.69) is 60.7 Å². The molecule has 0 aliphatic heterocycles. The molecule has 0 amide bonds. The zero-order chi connectivity index (χ0) is 17.6. The van der Waals surface area contributed by atoms with Crippen molar-refractivity contribution in [3.8, 4) is 0 Å². The lowest BCUT2D eigenvalue weighted by Crippen LogP contribution is -2.41. The van der Waals surface area contributed by atoms with Crippen molar-refractivity contribution in [3.05, 3.63) is 30.3 Å². The molecule has 0 aromatic heterocycles. The van der Waals surface area contributed by atoms with Crippen LogP contribution in [-0.4, -0.2) is 69.6 Å². The van der Waals surface area contributed by atoms with Gasteiger partial charge in [0.1, 0.15) is 0 Å². The Labute approximate surface area is 174 Å². The smallest absolute Gasteiger partial charge is 0.191 e. The van der Waals surface area contributed by atoms with Gasteiger partial charge in [0.15, 0.2) is 5.96 Å². The van der Waals surface area contributed by atoms with Crippen LogP contribution >= 0.6 is 35.7 Å². The molecular formula is C18H33IN4OS. The number of aliphatic imine (C=N–C) groups is 1. The van der Waals surface area contributed by atoms with Crippen LogP contribution in [0.5, 0.6) is 0 Å². The summed E-state index contributed by atoms with van der Waals surface area (Å²) >= 11 is 1.86. The summed E-state index contributed by atoms with van der Waals surface area (Å²) in [5.41, 5.74) is 0. The van der Waals surface area contributed by atoms with Gasteiger partial charge in [-0.25, -0.2) is 0 Å². The maximum atomic E-state index is 5.09. The summed E-state index contributed by atoms with van der Waals surface area (Å²) in [5, 5.41) is 7.14. The van der Waals surface area contributed by atoms with Crippen LogP contribution in [0.25, 0.3) is 0 Å². The first-order valence-electron chi connectivity index (χ1n) is 8.57. The molecule has 0 saturated carbocycles. The van der Waals surface area contributed by atoms with E-state index in [9.17, 15) is 0 Å². The first-order valence-corrected chi connectivity index (χ1v) is 9.45. The molecule has 0 aliphatic carbocycles. The van der Waals surface area contributed by atoms with Crippen molar-refractivity contribution in [2.24, 2.45) is 4.99 Å². The summed E-state index contributed by atoms with van der Waals surface area (Å²) in [5.74, 6) is 0.887. The van der Waals surface area contributed by atoms with Crippen molar-refractivity contribution in [2.45, 2.75) is 24.0 Å². The molecule has 0 fully saturated rings. The number of nitrogens with one attached hydrogen (secondary N) is 2. The number of benzene rings is 1. The third kappa shape index (κ3) is 12.5. The van der Waals surface area contributed by atoms with Crippen molar-refractivity contribution in [1.29, 1.82) is 0 Å². The lowest BCUT2D eigenvalue weighted by Gasteiger charge is -2.18. The lowest BCUT2D eigenvalue weighted by atomic mass is 10.4. The molecule has 1 aromatic carbocycles. The fourth-order valence-electron chi connectivity index (χ4n) is 2.05. The maximum absolute atomic E-state index is 5.09. The number of ether oxygens (including phenoxy) is 1. The van der Waals surface area contributed by atoms with Crippen molar-refractivity contribution >= 4 is 41.7 Å². The second-order valence-corrected chi connectivity index (χ2v) is 7.20. The van der Waals surface area contributed by atoms with Crippen LogP contribution in [0.3, 0.4) is 0 Å². The molecule has 1 aromatic rings. The minimum Gasteiger partial charge on any atom is -0.383 e. The van der Waals surface area contributed by atoms with E-state index in [4.69, 9.17) is 9.73 Å². The Morgan fingerprint density at radius 2 is 1.96 bits per heavy atom. The number of guanidine groups is 1. The lowest BCUT2D eigenvalue weighted by molar-refractivity contribution is 0.162. The van der Waals surface area contributed by atoms with Gasteiger partial charge in [-0.15, -0.1) is 35.7 Å². The molecular weight excluding hydrogens is 447 g/mol. The van der Waals surface area contributed by atoms with E-state index in [1.54, 1.807) is 7.11 Å². The number of hydrogen-bond acceptors (Lipinski definition) is 4. The highest BCUT2D eigenvalue weighted by molar-refractivity contribution is 14.0. The molecule has 2 N–H and O–H groups in total. The third-order valence-electron chi connectivity index (χ3n) is 3.39. The predicted octanol–water partition coefficient (Wildman–Crippen LogP) is 2.92. The van der Waals surface area contributed by atoms with E-state index < -0.39 is 0 Å². The van der Waals surface area contributed by atoms with Gasteiger partial charge in [-0.1, -0.05) is 25.1 Å². The normalized spacial score (nSPS) is 12.6. The molecule has 1 unspecified atom stereocenters. The maximum Gasteiger partial charge on any atom is 0.191 e. The van der Waals surface area contributed by atoms with Crippen LogP contribution in [0.1, 0.15) is 13.8 Å². The van der Waals surface area contributed by atoms with E-state index in [1.807, 2.05) is 17.8 Å². The van der Waals surface area contributed by atoms with Crippen molar-refractivity contribution in [3.63, 3.8) is 0 Å². The number of hydrogen-bond donors (Lipinski definition) is 2. The highest BCUT2D eigenvalue weighted by Crippen LogP contribution is 2.22. The molecule has 1 rings (SSSR count). The predicted molar refractivity (Wildman–Crippen MR) is 121 cm³/mol. The molecule has 5 nitrogen and oxygen atoms in total. The average molecular weight is 480 g/mol. The zero-order valence-corrected chi connectivity index (χ0v) is 19.0. The molecule has 1 atom stereocenters. The Morgan fingerprint density at radius 1 is 1.24 bits per heavy atom. The number of halogens is 1. The van der Waals surface area contributed by atoms with Gasteiger partial charge < -0.3 is 20.3 Å². The number of nitrogens with zero attached hydrogens (tertiary/aromatic N) is 2. The van der Waals surface area contributed by atoms with Gasteiger partial charge in [-0.05, 0) is 26.1 Å². The second kappa shape index (κ2) is 15.7. The average Bonchev–Trinajstić information content (AvgIpc) is 2.58. The largest absolute Gasteiger partial charge is 0.383 e. The topological polar surface area (TPSA) is 48.9 Å². The standard InChI is InChI=1S/C18H32N4OS.HI/c1-5-19-18(20-11-12-22(3)13-14-23-4)21-15-16(2)24-17-9-7-6-8-10-17;/h6-10,16H,5,11-15H2,1-4H3,(H2,19,20,21);1H. The van der Waals surface area contributed by atoms with Crippen LogP contribution in [0, 0.1) is 0 Å². The molecule has 0 radical (unpaired) electrons. The summed E-state index contributed by atoms with van der Waals surface area (Å²) in [6, 6.07) is 10.5. The monoisotopic (exact) mass is 480 g/mol. The molecule has 25 heavy (non-hydrogen) atoms. The van der Waals surface area contributed by atoms with Crippen LogP contribution in [-0.2, 0) is 4.74 Å². The van der Waals surface area contributed by atoms with Crippen molar-refractivity contribution in [1.82, 2.24) is 15.5 Å². The summed E-state index contributed by atoms with van der Waals surface area (Å²) < 4.78 is 5.09. The van der Waals surface area contributed by atoms with E-state index >= 15 is 0 Å². The molecule has 0 spiro atoms. The van der Waals surface area contributed by atoms with Gasteiger partial charge in [0.25, 0.3) is 0 Å². The van der Waals surface area contributed by atoms with Gasteiger partial charge in [0.05, 0.1) is 13.2 Å². The summed E-state index contributed by atoms with van der Waals surface area (Å²) in [6.07, 6.45) is 0. The highest BCUT2D eigenvalue weighted by Gasteiger charge is 2.05. The molecule has 0 saturated heterocycles. The van der Waals surface area contributed by atoms with Crippen LogP contribution < -0.4 is 10.6 Å². The van der Waals surface area contributed by atoms with Crippen LogP contribution in [0.15, 0.2) is 40.2 Å².